The number of amides is 1. The highest BCUT2D eigenvalue weighted by Gasteiger charge is 2.39. The Morgan fingerprint density at radius 1 is 1.40 bits per heavy atom. The lowest BCUT2D eigenvalue weighted by Gasteiger charge is -2.23. The van der Waals surface area contributed by atoms with Crippen LogP contribution < -0.4 is 0 Å². The highest BCUT2D eigenvalue weighted by atomic mass is 19.4. The van der Waals surface area contributed by atoms with Crippen LogP contribution in [-0.4, -0.2) is 45.5 Å². The lowest BCUT2D eigenvalue weighted by atomic mass is 10.1. The smallest absolute Gasteiger partial charge is 0.380 e. The van der Waals surface area contributed by atoms with Gasteiger partial charge in [-0.05, 0) is 19.1 Å². The first kappa shape index (κ1) is 17.4. The van der Waals surface area contributed by atoms with E-state index in [1.54, 1.807) is 24.4 Å². The molecule has 2 aromatic rings. The molecule has 0 radical (unpaired) electrons. The summed E-state index contributed by atoms with van der Waals surface area (Å²) in [5, 5.41) is 0. The number of methoxy groups -OCH3 is 1. The first-order valence-electron chi connectivity index (χ1n) is 7.69. The molecule has 3 rings (SSSR count). The van der Waals surface area contributed by atoms with Crippen molar-refractivity contribution >= 4 is 5.91 Å². The lowest BCUT2D eigenvalue weighted by Crippen LogP contribution is -2.33. The van der Waals surface area contributed by atoms with Gasteiger partial charge in [0.15, 0.2) is 0 Å². The van der Waals surface area contributed by atoms with E-state index < -0.39 is 11.9 Å². The number of carbonyl (C=O) groups is 1. The minimum Gasteiger partial charge on any atom is -0.380 e. The summed E-state index contributed by atoms with van der Waals surface area (Å²) in [6.45, 7) is 1.73. The van der Waals surface area contributed by atoms with Gasteiger partial charge >= 0.3 is 6.18 Å². The number of aromatic amines is 1. The molecule has 1 fully saturated rings. The van der Waals surface area contributed by atoms with Crippen LogP contribution in [0.3, 0.4) is 0 Å². The highest BCUT2D eigenvalue weighted by Crippen LogP contribution is 2.34. The number of hydrogen-bond donors (Lipinski definition) is 1. The Morgan fingerprint density at radius 2 is 2.16 bits per heavy atom. The molecule has 0 saturated carbocycles. The number of nitrogens with one attached hydrogen (secondary N) is 1. The number of rotatable bonds is 3. The second kappa shape index (κ2) is 6.47. The van der Waals surface area contributed by atoms with Crippen molar-refractivity contribution in [3.8, 4) is 0 Å². The molecule has 2 aromatic heterocycles. The van der Waals surface area contributed by atoms with Gasteiger partial charge in [0, 0.05) is 32.5 Å². The van der Waals surface area contributed by atoms with Crippen LogP contribution in [0, 0.1) is 6.92 Å². The zero-order valence-electron chi connectivity index (χ0n) is 13.7. The molecule has 2 atom stereocenters. The van der Waals surface area contributed by atoms with Crippen molar-refractivity contribution in [1.29, 1.82) is 0 Å². The SMILES string of the molecule is CO[C@@H]1CC(c2ncc[nH]2)N(C(=O)c2ccc(C(F)(F)F)nc2C)C1. The van der Waals surface area contributed by atoms with Crippen molar-refractivity contribution < 1.29 is 22.7 Å². The maximum atomic E-state index is 12.9. The molecule has 9 heteroatoms. The number of alkyl halides is 3. The van der Waals surface area contributed by atoms with E-state index in [1.165, 1.54) is 13.0 Å². The summed E-state index contributed by atoms with van der Waals surface area (Å²) in [6, 6.07) is 1.67. The van der Waals surface area contributed by atoms with Gasteiger partial charge < -0.3 is 14.6 Å². The third-order valence-electron chi connectivity index (χ3n) is 4.30. The number of carbonyl (C=O) groups excluding carboxylic acids is 1. The van der Waals surface area contributed by atoms with Gasteiger partial charge in [0.25, 0.3) is 5.91 Å². The number of pyridine rings is 1. The fourth-order valence-corrected chi connectivity index (χ4v) is 3.01. The van der Waals surface area contributed by atoms with Crippen LogP contribution in [0.25, 0.3) is 0 Å². The molecule has 6 nitrogen and oxygen atoms in total. The molecule has 25 heavy (non-hydrogen) atoms. The first-order valence-corrected chi connectivity index (χ1v) is 7.69. The van der Waals surface area contributed by atoms with Crippen LogP contribution >= 0.6 is 0 Å². The molecule has 1 unspecified atom stereocenters. The molecule has 0 spiro atoms. The minimum atomic E-state index is -4.54. The Balaban J connectivity index is 1.91. The predicted molar refractivity (Wildman–Crippen MR) is 81.8 cm³/mol. The second-order valence-corrected chi connectivity index (χ2v) is 5.87. The van der Waals surface area contributed by atoms with Gasteiger partial charge in [-0.25, -0.2) is 9.97 Å². The Labute approximate surface area is 142 Å². The van der Waals surface area contributed by atoms with Gasteiger partial charge in [-0.2, -0.15) is 13.2 Å². The third kappa shape index (κ3) is 3.37. The van der Waals surface area contributed by atoms with Gasteiger partial charge in [0.1, 0.15) is 11.5 Å². The molecule has 0 bridgehead atoms. The normalized spacial score (nSPS) is 20.9. The van der Waals surface area contributed by atoms with Crippen molar-refractivity contribution in [2.45, 2.75) is 31.7 Å². The number of likely N-dealkylation sites (tertiary alicyclic amines) is 1. The van der Waals surface area contributed by atoms with Crippen molar-refractivity contribution in [2.75, 3.05) is 13.7 Å². The van der Waals surface area contributed by atoms with Gasteiger partial charge in [0.2, 0.25) is 0 Å². The van der Waals surface area contributed by atoms with Crippen molar-refractivity contribution in [2.24, 2.45) is 0 Å². The molecule has 1 aliphatic heterocycles. The first-order chi connectivity index (χ1) is 11.8. The standard InChI is InChI=1S/C16H17F3N4O2/c1-9-11(3-4-13(22-9)16(17,18)19)15(24)23-8-10(25-2)7-12(23)14-20-5-6-21-14/h3-6,10,12H,7-8H2,1-2H3,(H,20,21)/t10-,12?/m1/s1. The summed E-state index contributed by atoms with van der Waals surface area (Å²) in [7, 11) is 1.56. The van der Waals surface area contributed by atoms with E-state index in [0.29, 0.717) is 18.8 Å². The maximum Gasteiger partial charge on any atom is 0.433 e. The molecule has 1 N–H and O–H groups in total. The number of nitrogens with zero attached hydrogens (tertiary/aromatic N) is 3. The number of halogens is 3. The van der Waals surface area contributed by atoms with E-state index in [1.807, 2.05) is 0 Å². The Morgan fingerprint density at radius 3 is 2.72 bits per heavy atom. The summed E-state index contributed by atoms with van der Waals surface area (Å²) < 4.78 is 43.6. The van der Waals surface area contributed by atoms with Crippen LogP contribution in [0.5, 0.6) is 0 Å². The van der Waals surface area contributed by atoms with E-state index in [4.69, 9.17) is 4.74 Å². The molecule has 0 aromatic carbocycles. The van der Waals surface area contributed by atoms with Crippen LogP contribution in [0.15, 0.2) is 24.5 Å². The fourth-order valence-electron chi connectivity index (χ4n) is 3.01. The highest BCUT2D eigenvalue weighted by molar-refractivity contribution is 5.95. The molecule has 1 aliphatic rings. The van der Waals surface area contributed by atoms with Crippen LogP contribution in [-0.2, 0) is 10.9 Å². The number of aryl methyl sites for hydroxylation is 1. The molecule has 1 amide bonds. The number of aromatic nitrogens is 3. The van der Waals surface area contributed by atoms with E-state index in [9.17, 15) is 18.0 Å². The quantitative estimate of drug-likeness (QED) is 0.920. The zero-order valence-corrected chi connectivity index (χ0v) is 13.7. The Bertz CT molecular complexity index is 761. The van der Waals surface area contributed by atoms with Crippen LogP contribution in [0.4, 0.5) is 13.2 Å². The lowest BCUT2D eigenvalue weighted by molar-refractivity contribution is -0.141. The van der Waals surface area contributed by atoms with Crippen LogP contribution in [0.1, 0.15) is 40.0 Å². The number of H-pyrrole nitrogens is 1. The summed E-state index contributed by atoms with van der Waals surface area (Å²) in [5.41, 5.74) is -0.833. The molecular weight excluding hydrogens is 337 g/mol. The van der Waals surface area contributed by atoms with Gasteiger partial charge in [-0.3, -0.25) is 4.79 Å². The van der Waals surface area contributed by atoms with E-state index in [0.717, 1.165) is 6.07 Å². The van der Waals surface area contributed by atoms with Crippen LogP contribution in [0.2, 0.25) is 0 Å². The predicted octanol–water partition coefficient (Wildman–Crippen LogP) is 2.73. The van der Waals surface area contributed by atoms with Gasteiger partial charge in [0.05, 0.1) is 23.4 Å². The van der Waals surface area contributed by atoms with Crippen molar-refractivity contribution in [3.05, 3.63) is 47.3 Å². The number of hydrogen-bond acceptors (Lipinski definition) is 4. The van der Waals surface area contributed by atoms with Crippen molar-refractivity contribution in [1.82, 2.24) is 19.9 Å². The average molecular weight is 354 g/mol. The summed E-state index contributed by atoms with van der Waals surface area (Å²) in [6.07, 6.45) is -0.908. The fraction of sp³-hybridized carbons (Fsp3) is 0.438. The van der Waals surface area contributed by atoms with Crippen molar-refractivity contribution in [3.63, 3.8) is 0 Å². The summed E-state index contributed by atoms with van der Waals surface area (Å²) in [5.74, 6) is 0.227. The summed E-state index contributed by atoms with van der Waals surface area (Å²) >= 11 is 0. The maximum absolute atomic E-state index is 12.9. The van der Waals surface area contributed by atoms with Gasteiger partial charge in [-0.15, -0.1) is 0 Å². The largest absolute Gasteiger partial charge is 0.433 e. The Hall–Kier alpha value is -2.42. The summed E-state index contributed by atoms with van der Waals surface area (Å²) in [4.78, 5) is 25.2. The molecule has 3 heterocycles. The van der Waals surface area contributed by atoms with E-state index in [-0.39, 0.29) is 29.3 Å². The van der Waals surface area contributed by atoms with E-state index in [2.05, 4.69) is 15.0 Å². The van der Waals surface area contributed by atoms with E-state index >= 15 is 0 Å². The minimum absolute atomic E-state index is 0.0406. The zero-order chi connectivity index (χ0) is 18.2. The molecular formula is C16H17F3N4O2. The average Bonchev–Trinajstić information content (AvgIpc) is 3.22. The number of imidazole rings is 1. The van der Waals surface area contributed by atoms with Gasteiger partial charge in [-0.1, -0.05) is 0 Å². The Kier molecular flexibility index (Phi) is 4.51. The molecule has 134 valence electrons. The molecule has 0 aliphatic carbocycles. The topological polar surface area (TPSA) is 71.1 Å². The number of ether oxygens (including phenoxy) is 1. The second-order valence-electron chi connectivity index (χ2n) is 5.87. The third-order valence-corrected chi connectivity index (χ3v) is 4.30. The molecule has 1 saturated heterocycles. The monoisotopic (exact) mass is 354 g/mol.